The lowest BCUT2D eigenvalue weighted by molar-refractivity contribution is -0.137. The molecule has 16 heteroatoms. The van der Waals surface area contributed by atoms with E-state index in [1.165, 1.54) is 18.2 Å². The van der Waals surface area contributed by atoms with Gasteiger partial charge in [-0.3, -0.25) is 4.72 Å². The molecule has 0 bridgehead atoms. The molecular weight excluding hydrogens is 628 g/mol. The predicted molar refractivity (Wildman–Crippen MR) is 157 cm³/mol. The lowest BCUT2D eigenvalue weighted by Gasteiger charge is -2.18. The van der Waals surface area contributed by atoms with Crippen LogP contribution in [0.2, 0.25) is 0 Å². The minimum Gasteiger partial charge on any atom is -0.307 e. The summed E-state index contributed by atoms with van der Waals surface area (Å²) in [7, 11) is -4.01. The first-order valence-corrected chi connectivity index (χ1v) is 14.4. The van der Waals surface area contributed by atoms with E-state index in [1.54, 1.807) is 30.3 Å². The van der Waals surface area contributed by atoms with Crippen molar-refractivity contribution in [3.63, 3.8) is 0 Å². The molecule has 45 heavy (non-hydrogen) atoms. The van der Waals surface area contributed by atoms with Gasteiger partial charge in [0, 0.05) is 0 Å². The van der Waals surface area contributed by atoms with Crippen LogP contribution in [0.3, 0.4) is 0 Å². The lowest BCUT2D eigenvalue weighted by atomic mass is 10.1. The van der Waals surface area contributed by atoms with Gasteiger partial charge in [-0.05, 0) is 48.0 Å². The van der Waals surface area contributed by atoms with Gasteiger partial charge in [-0.1, -0.05) is 54.6 Å². The molecule has 4 amide bonds. The van der Waals surface area contributed by atoms with Crippen LogP contribution in [0.5, 0.6) is 0 Å². The summed E-state index contributed by atoms with van der Waals surface area (Å²) in [6.07, 6.45) is -9.60. The van der Waals surface area contributed by atoms with Crippen molar-refractivity contribution in [2.24, 2.45) is 0 Å². The summed E-state index contributed by atoms with van der Waals surface area (Å²) in [5.41, 5.74) is -3.65. The van der Waals surface area contributed by atoms with E-state index >= 15 is 0 Å². The second-order valence-corrected chi connectivity index (χ2v) is 11.1. The quantitative estimate of drug-likeness (QED) is 0.124. The third kappa shape index (κ3) is 9.12. The number of carbonyl (C=O) groups is 2. The Balaban J connectivity index is 1.61. The SMILES string of the molecule is O=C(Nc1ccc(NS(=O)(=O)Cc2ccccc2)cc1NC(=O)Nc1ccccc1C(F)(F)F)Nc1ccccc1C(F)(F)F. The highest BCUT2D eigenvalue weighted by molar-refractivity contribution is 7.91. The maximum Gasteiger partial charge on any atom is 0.418 e. The van der Waals surface area contributed by atoms with Crippen molar-refractivity contribution in [1.29, 1.82) is 0 Å². The maximum absolute atomic E-state index is 13.4. The summed E-state index contributed by atoms with van der Waals surface area (Å²) in [6, 6.07) is 17.4. The molecule has 0 heterocycles. The molecule has 0 aromatic heterocycles. The number of para-hydroxylation sites is 2. The zero-order valence-corrected chi connectivity index (χ0v) is 23.6. The number of anilines is 5. The van der Waals surface area contributed by atoms with Crippen molar-refractivity contribution in [1.82, 2.24) is 0 Å². The van der Waals surface area contributed by atoms with E-state index in [9.17, 15) is 44.3 Å². The molecule has 236 valence electrons. The van der Waals surface area contributed by atoms with Crippen molar-refractivity contribution in [3.05, 3.63) is 114 Å². The number of alkyl halides is 6. The summed E-state index contributed by atoms with van der Waals surface area (Å²) in [5.74, 6) is -0.424. The Morgan fingerprint density at radius 3 is 1.51 bits per heavy atom. The van der Waals surface area contributed by atoms with Crippen molar-refractivity contribution in [2.75, 3.05) is 26.0 Å². The zero-order valence-electron chi connectivity index (χ0n) is 22.8. The van der Waals surface area contributed by atoms with E-state index in [-0.39, 0.29) is 17.1 Å². The number of hydrogen-bond acceptors (Lipinski definition) is 4. The standard InChI is InChI=1S/C29H23F6N5O4S/c30-28(31,32)20-10-4-6-12-22(20)36-26(41)38-24-15-14-19(40-45(43,44)17-18-8-2-1-3-9-18)16-25(24)39-27(42)37-23-13-7-5-11-21(23)29(33,34)35/h1-16,40H,17H2,(H2,36,38,41)(H2,37,39,42). The smallest absolute Gasteiger partial charge is 0.307 e. The number of hydrogen-bond donors (Lipinski definition) is 5. The molecule has 0 fully saturated rings. The normalized spacial score (nSPS) is 11.8. The molecule has 0 atom stereocenters. The average molecular weight is 652 g/mol. The number of amides is 4. The van der Waals surface area contributed by atoms with E-state index in [2.05, 4.69) is 20.7 Å². The number of urea groups is 2. The van der Waals surface area contributed by atoms with Gasteiger partial charge in [0.25, 0.3) is 0 Å². The van der Waals surface area contributed by atoms with E-state index in [0.717, 1.165) is 48.5 Å². The molecule has 4 aromatic carbocycles. The second kappa shape index (κ2) is 13.2. The molecule has 0 saturated heterocycles. The van der Waals surface area contributed by atoms with E-state index in [1.807, 2.05) is 5.32 Å². The number of halogens is 6. The third-order valence-electron chi connectivity index (χ3n) is 5.95. The topological polar surface area (TPSA) is 128 Å². The van der Waals surface area contributed by atoms with E-state index in [0.29, 0.717) is 5.56 Å². The first kappa shape index (κ1) is 32.7. The monoisotopic (exact) mass is 651 g/mol. The summed E-state index contributed by atoms with van der Waals surface area (Å²) in [5, 5.41) is 8.60. The van der Waals surface area contributed by atoms with Crippen molar-refractivity contribution < 1.29 is 44.3 Å². The average Bonchev–Trinajstić information content (AvgIpc) is 2.94. The van der Waals surface area contributed by atoms with Crippen LogP contribution in [-0.2, 0) is 28.1 Å². The van der Waals surface area contributed by atoms with Gasteiger partial charge in [-0.2, -0.15) is 26.3 Å². The van der Waals surface area contributed by atoms with Crippen LogP contribution in [0, 0.1) is 0 Å². The first-order valence-electron chi connectivity index (χ1n) is 12.8. The van der Waals surface area contributed by atoms with Gasteiger partial charge in [0.1, 0.15) is 0 Å². The van der Waals surface area contributed by atoms with Crippen molar-refractivity contribution in [2.45, 2.75) is 18.1 Å². The number of carbonyl (C=O) groups excluding carboxylic acids is 2. The third-order valence-corrected chi connectivity index (χ3v) is 7.21. The molecule has 0 unspecified atom stereocenters. The maximum atomic E-state index is 13.4. The zero-order chi connectivity index (χ0) is 32.8. The molecule has 0 saturated carbocycles. The highest BCUT2D eigenvalue weighted by Gasteiger charge is 2.34. The van der Waals surface area contributed by atoms with Gasteiger partial charge < -0.3 is 21.3 Å². The number of rotatable bonds is 8. The summed E-state index contributed by atoms with van der Waals surface area (Å²) >= 11 is 0. The molecule has 4 aromatic rings. The molecule has 0 spiro atoms. The Morgan fingerprint density at radius 1 is 0.556 bits per heavy atom. The van der Waals surface area contributed by atoms with Crippen LogP contribution in [0.25, 0.3) is 0 Å². The van der Waals surface area contributed by atoms with Gasteiger partial charge in [-0.15, -0.1) is 0 Å². The Bertz CT molecular complexity index is 1800. The Morgan fingerprint density at radius 2 is 1.00 bits per heavy atom. The summed E-state index contributed by atoms with van der Waals surface area (Å²) in [6.45, 7) is 0. The van der Waals surface area contributed by atoms with Crippen LogP contribution in [0.1, 0.15) is 16.7 Å². The summed E-state index contributed by atoms with van der Waals surface area (Å²) in [4.78, 5) is 25.5. The van der Waals surface area contributed by atoms with Crippen LogP contribution in [-0.4, -0.2) is 20.5 Å². The van der Waals surface area contributed by atoms with E-state index in [4.69, 9.17) is 0 Å². The van der Waals surface area contributed by atoms with Crippen LogP contribution >= 0.6 is 0 Å². The molecule has 5 N–H and O–H groups in total. The van der Waals surface area contributed by atoms with Gasteiger partial charge in [-0.25, -0.2) is 18.0 Å². The minimum atomic E-state index is -4.81. The minimum absolute atomic E-state index is 0.106. The molecule has 9 nitrogen and oxygen atoms in total. The largest absolute Gasteiger partial charge is 0.418 e. The van der Waals surface area contributed by atoms with Crippen LogP contribution in [0.4, 0.5) is 64.4 Å². The molecule has 0 aliphatic heterocycles. The predicted octanol–water partition coefficient (Wildman–Crippen LogP) is 7.95. The van der Waals surface area contributed by atoms with Crippen molar-refractivity contribution in [3.8, 4) is 0 Å². The lowest BCUT2D eigenvalue weighted by Crippen LogP contribution is -2.25. The van der Waals surface area contributed by atoms with Gasteiger partial charge in [0.2, 0.25) is 10.0 Å². The highest BCUT2D eigenvalue weighted by Crippen LogP contribution is 2.36. The Labute approximate surface area is 252 Å². The van der Waals surface area contributed by atoms with Crippen LogP contribution in [0.15, 0.2) is 97.1 Å². The molecular formula is C29H23F6N5O4S. The highest BCUT2D eigenvalue weighted by atomic mass is 32.2. The number of benzene rings is 4. The molecule has 4 rings (SSSR count). The van der Waals surface area contributed by atoms with Crippen molar-refractivity contribution >= 4 is 50.5 Å². The Kier molecular flexibility index (Phi) is 9.56. The fraction of sp³-hybridized carbons (Fsp3) is 0.103. The number of sulfonamides is 1. The summed E-state index contributed by atoms with van der Waals surface area (Å²) < 4.78 is 108. The Hall–Kier alpha value is -5.25. The fourth-order valence-electron chi connectivity index (χ4n) is 4.06. The molecule has 0 aliphatic rings. The first-order chi connectivity index (χ1) is 21.1. The van der Waals surface area contributed by atoms with Gasteiger partial charge in [0.15, 0.2) is 0 Å². The van der Waals surface area contributed by atoms with Crippen LogP contribution < -0.4 is 26.0 Å². The second-order valence-electron chi connectivity index (χ2n) is 9.35. The van der Waals surface area contributed by atoms with E-state index < -0.39 is 62.7 Å². The molecule has 0 aliphatic carbocycles. The number of nitrogens with one attached hydrogen (secondary N) is 5. The fourth-order valence-corrected chi connectivity index (χ4v) is 5.25. The molecule has 0 radical (unpaired) electrons. The van der Waals surface area contributed by atoms with Gasteiger partial charge in [0.05, 0.1) is 45.3 Å². The van der Waals surface area contributed by atoms with Gasteiger partial charge >= 0.3 is 24.4 Å².